The van der Waals surface area contributed by atoms with Gasteiger partial charge in [-0.05, 0) is 23.3 Å². The molecule has 1 aliphatic heterocycles. The number of nitrogens with zero attached hydrogens (tertiary/aromatic N) is 3. The number of urea groups is 1. The summed E-state index contributed by atoms with van der Waals surface area (Å²) in [4.78, 5) is 50.3. The van der Waals surface area contributed by atoms with E-state index < -0.39 is 30.3 Å². The minimum Gasteiger partial charge on any atom is -0.325 e. The molecule has 5 amide bonds. The molecule has 2 aromatic rings. The highest BCUT2D eigenvalue weighted by atomic mass is 16.2. The molecule has 0 aliphatic carbocycles. The summed E-state index contributed by atoms with van der Waals surface area (Å²) >= 11 is 0. The van der Waals surface area contributed by atoms with Crippen molar-refractivity contribution >= 4 is 29.4 Å². The Labute approximate surface area is 161 Å². The van der Waals surface area contributed by atoms with Crippen molar-refractivity contribution in [3.8, 4) is 6.07 Å². The third-order valence-electron chi connectivity index (χ3n) is 4.14. The van der Waals surface area contributed by atoms with E-state index in [1.807, 2.05) is 6.07 Å². The predicted molar refractivity (Wildman–Crippen MR) is 98.5 cm³/mol. The number of carbonyl (C=O) groups excluding carboxylic acids is 4. The van der Waals surface area contributed by atoms with Crippen LogP contribution in [0.15, 0.2) is 54.6 Å². The highest BCUT2D eigenvalue weighted by molar-refractivity contribution is 6.45. The number of rotatable bonds is 6. The molecule has 1 aliphatic rings. The SMILES string of the molecule is N#CCc1ccc(NC(=O)CN2C(=O)C(=O)N(Cc3ccccc3)C2=O)cc1. The van der Waals surface area contributed by atoms with Crippen molar-refractivity contribution in [1.82, 2.24) is 9.80 Å². The number of amides is 5. The van der Waals surface area contributed by atoms with E-state index in [4.69, 9.17) is 5.26 Å². The maximum atomic E-state index is 12.4. The van der Waals surface area contributed by atoms with E-state index >= 15 is 0 Å². The van der Waals surface area contributed by atoms with E-state index in [0.717, 1.165) is 10.5 Å². The molecule has 8 heteroatoms. The Morgan fingerprint density at radius 3 is 2.18 bits per heavy atom. The second-order valence-corrected chi connectivity index (χ2v) is 6.13. The lowest BCUT2D eigenvalue weighted by atomic mass is 10.1. The van der Waals surface area contributed by atoms with Crippen LogP contribution in [-0.2, 0) is 27.3 Å². The van der Waals surface area contributed by atoms with Crippen LogP contribution in [0.5, 0.6) is 0 Å². The van der Waals surface area contributed by atoms with Gasteiger partial charge in [0.25, 0.3) is 0 Å². The number of nitriles is 1. The maximum absolute atomic E-state index is 12.4. The van der Waals surface area contributed by atoms with Gasteiger partial charge >= 0.3 is 17.8 Å². The minimum atomic E-state index is -1.03. The van der Waals surface area contributed by atoms with Gasteiger partial charge in [-0.2, -0.15) is 5.26 Å². The predicted octanol–water partition coefficient (Wildman–Crippen LogP) is 1.68. The van der Waals surface area contributed by atoms with Crippen molar-refractivity contribution in [2.45, 2.75) is 13.0 Å². The molecular formula is C20H16N4O4. The number of carbonyl (C=O) groups is 4. The van der Waals surface area contributed by atoms with Gasteiger partial charge in [0.2, 0.25) is 5.91 Å². The lowest BCUT2D eigenvalue weighted by molar-refractivity contribution is -0.143. The highest BCUT2D eigenvalue weighted by Gasteiger charge is 2.45. The molecule has 1 N–H and O–H groups in total. The first-order valence-electron chi connectivity index (χ1n) is 8.46. The van der Waals surface area contributed by atoms with E-state index in [1.54, 1.807) is 54.6 Å². The topological polar surface area (TPSA) is 111 Å². The third-order valence-corrected chi connectivity index (χ3v) is 4.14. The number of hydrogen-bond donors (Lipinski definition) is 1. The number of imide groups is 2. The lowest BCUT2D eigenvalue weighted by Gasteiger charge is -2.15. The Morgan fingerprint density at radius 1 is 0.893 bits per heavy atom. The molecule has 0 atom stereocenters. The van der Waals surface area contributed by atoms with Gasteiger partial charge in [-0.3, -0.25) is 19.3 Å². The van der Waals surface area contributed by atoms with Gasteiger partial charge in [0.1, 0.15) is 6.54 Å². The van der Waals surface area contributed by atoms with Crippen LogP contribution in [0.4, 0.5) is 10.5 Å². The number of anilines is 1. The summed E-state index contributed by atoms with van der Waals surface area (Å²) < 4.78 is 0. The average molecular weight is 376 g/mol. The van der Waals surface area contributed by atoms with E-state index in [2.05, 4.69) is 5.32 Å². The zero-order valence-electron chi connectivity index (χ0n) is 14.8. The Balaban J connectivity index is 1.64. The summed E-state index contributed by atoms with van der Waals surface area (Å²) in [5.41, 5.74) is 1.95. The summed E-state index contributed by atoms with van der Waals surface area (Å²) in [6.07, 6.45) is 0.254. The van der Waals surface area contributed by atoms with Crippen molar-refractivity contribution in [3.63, 3.8) is 0 Å². The van der Waals surface area contributed by atoms with Crippen molar-refractivity contribution in [1.29, 1.82) is 5.26 Å². The van der Waals surface area contributed by atoms with Crippen LogP contribution in [0, 0.1) is 11.3 Å². The van der Waals surface area contributed by atoms with Crippen LogP contribution in [-0.4, -0.2) is 40.1 Å². The highest BCUT2D eigenvalue weighted by Crippen LogP contribution is 2.16. The van der Waals surface area contributed by atoms with Gasteiger partial charge in [0, 0.05) is 5.69 Å². The molecule has 8 nitrogen and oxygen atoms in total. The van der Waals surface area contributed by atoms with Gasteiger partial charge in [-0.1, -0.05) is 42.5 Å². The van der Waals surface area contributed by atoms with E-state index in [9.17, 15) is 19.2 Å². The van der Waals surface area contributed by atoms with Crippen molar-refractivity contribution in [3.05, 3.63) is 65.7 Å². The maximum Gasteiger partial charge on any atom is 0.335 e. The Kier molecular flexibility index (Phi) is 5.46. The smallest absolute Gasteiger partial charge is 0.325 e. The Bertz CT molecular complexity index is 964. The molecular weight excluding hydrogens is 360 g/mol. The molecule has 140 valence electrons. The standard InChI is InChI=1S/C20H16N4O4/c21-11-10-14-6-8-16(9-7-14)22-17(25)13-24-19(27)18(26)23(20(24)28)12-15-4-2-1-3-5-15/h1-9H,10,12-13H2,(H,22,25). The summed E-state index contributed by atoms with van der Waals surface area (Å²) in [6.45, 7) is -0.600. The average Bonchev–Trinajstić information content (AvgIpc) is 2.89. The molecule has 0 unspecified atom stereocenters. The molecule has 0 radical (unpaired) electrons. The monoisotopic (exact) mass is 376 g/mol. The quantitative estimate of drug-likeness (QED) is 0.609. The van der Waals surface area contributed by atoms with Crippen molar-refractivity contribution in [2.24, 2.45) is 0 Å². The normalized spacial score (nSPS) is 13.6. The molecule has 2 aromatic carbocycles. The largest absolute Gasteiger partial charge is 0.335 e. The molecule has 0 spiro atoms. The summed E-state index contributed by atoms with van der Waals surface area (Å²) in [5.74, 6) is -2.59. The van der Waals surface area contributed by atoms with E-state index in [0.29, 0.717) is 16.2 Å². The minimum absolute atomic E-state index is 0.0390. The molecule has 1 fully saturated rings. The van der Waals surface area contributed by atoms with Crippen LogP contribution in [0.25, 0.3) is 0 Å². The van der Waals surface area contributed by atoms with Gasteiger partial charge in [-0.25, -0.2) is 9.69 Å². The summed E-state index contributed by atoms with van der Waals surface area (Å²) in [7, 11) is 0. The fourth-order valence-corrected chi connectivity index (χ4v) is 2.74. The second kappa shape index (κ2) is 8.14. The Morgan fingerprint density at radius 2 is 1.54 bits per heavy atom. The fraction of sp³-hybridized carbons (Fsp3) is 0.150. The van der Waals surface area contributed by atoms with Gasteiger partial charge in [-0.15, -0.1) is 0 Å². The first-order chi connectivity index (χ1) is 13.5. The fourth-order valence-electron chi connectivity index (χ4n) is 2.74. The molecule has 0 bridgehead atoms. The molecule has 1 heterocycles. The number of nitrogens with one attached hydrogen (secondary N) is 1. The zero-order valence-corrected chi connectivity index (χ0v) is 14.8. The molecule has 0 saturated carbocycles. The third kappa shape index (κ3) is 4.04. The first kappa shape index (κ1) is 18.8. The van der Waals surface area contributed by atoms with Gasteiger partial charge < -0.3 is 5.32 Å². The molecule has 3 rings (SSSR count). The van der Waals surface area contributed by atoms with E-state index in [-0.39, 0.29) is 13.0 Å². The van der Waals surface area contributed by atoms with Crippen LogP contribution < -0.4 is 5.32 Å². The van der Waals surface area contributed by atoms with Gasteiger partial charge in [0.15, 0.2) is 0 Å². The Hall–Kier alpha value is -3.99. The van der Waals surface area contributed by atoms with Crippen LogP contribution in [0.1, 0.15) is 11.1 Å². The van der Waals surface area contributed by atoms with Crippen LogP contribution >= 0.6 is 0 Å². The van der Waals surface area contributed by atoms with Gasteiger partial charge in [0.05, 0.1) is 19.0 Å². The molecule has 28 heavy (non-hydrogen) atoms. The van der Waals surface area contributed by atoms with Crippen molar-refractivity contribution in [2.75, 3.05) is 11.9 Å². The molecule has 1 saturated heterocycles. The number of hydrogen-bond acceptors (Lipinski definition) is 5. The van der Waals surface area contributed by atoms with Crippen LogP contribution in [0.2, 0.25) is 0 Å². The zero-order chi connectivity index (χ0) is 20.1. The summed E-state index contributed by atoms with van der Waals surface area (Å²) in [6, 6.07) is 16.6. The number of benzene rings is 2. The van der Waals surface area contributed by atoms with Crippen LogP contribution in [0.3, 0.4) is 0 Å². The van der Waals surface area contributed by atoms with E-state index in [1.165, 1.54) is 0 Å². The van der Waals surface area contributed by atoms with Crippen molar-refractivity contribution < 1.29 is 19.2 Å². The summed E-state index contributed by atoms with van der Waals surface area (Å²) in [5, 5.41) is 11.2. The lowest BCUT2D eigenvalue weighted by Crippen LogP contribution is -2.38. The second-order valence-electron chi connectivity index (χ2n) is 6.13. The molecule has 0 aromatic heterocycles. The first-order valence-corrected chi connectivity index (χ1v) is 8.46.